The van der Waals surface area contributed by atoms with E-state index in [2.05, 4.69) is 15.9 Å². The minimum Gasteiger partial charge on any atom is -0.506 e. The molecule has 0 radical (unpaired) electrons. The molecule has 1 aromatic rings. The van der Waals surface area contributed by atoms with Gasteiger partial charge in [0.25, 0.3) is 0 Å². The van der Waals surface area contributed by atoms with Gasteiger partial charge in [-0.3, -0.25) is 0 Å². The SMILES string of the molecule is Cl.N[C@H](c1cc(F)cc(Br)c1O)C1CCCCC1. The fourth-order valence-electron chi connectivity index (χ4n) is 2.59. The third-order valence-corrected chi connectivity index (χ3v) is 4.18. The molecule has 0 bridgehead atoms. The number of rotatable bonds is 2. The highest BCUT2D eigenvalue weighted by atomic mass is 79.9. The van der Waals surface area contributed by atoms with Crippen LogP contribution in [0.4, 0.5) is 4.39 Å². The molecule has 18 heavy (non-hydrogen) atoms. The van der Waals surface area contributed by atoms with Crippen LogP contribution in [0.5, 0.6) is 5.75 Å². The number of halogens is 3. The highest BCUT2D eigenvalue weighted by Gasteiger charge is 2.25. The van der Waals surface area contributed by atoms with Crippen LogP contribution in [0.25, 0.3) is 0 Å². The van der Waals surface area contributed by atoms with Crippen molar-refractivity contribution in [3.05, 3.63) is 28.0 Å². The van der Waals surface area contributed by atoms with E-state index in [0.717, 1.165) is 12.8 Å². The summed E-state index contributed by atoms with van der Waals surface area (Å²) in [6.07, 6.45) is 5.73. The van der Waals surface area contributed by atoms with Crippen LogP contribution >= 0.6 is 28.3 Å². The smallest absolute Gasteiger partial charge is 0.134 e. The first-order valence-corrected chi connectivity index (χ1v) is 6.82. The molecule has 0 unspecified atom stereocenters. The summed E-state index contributed by atoms with van der Waals surface area (Å²) < 4.78 is 13.7. The second kappa shape index (κ2) is 6.73. The molecular weight excluding hydrogens is 321 g/mol. The normalized spacial score (nSPS) is 18.2. The monoisotopic (exact) mass is 337 g/mol. The molecule has 0 heterocycles. The molecule has 102 valence electrons. The van der Waals surface area contributed by atoms with Gasteiger partial charge in [0.1, 0.15) is 11.6 Å². The Kier molecular flexibility index (Phi) is 5.89. The summed E-state index contributed by atoms with van der Waals surface area (Å²) in [6, 6.07) is 2.33. The van der Waals surface area contributed by atoms with Gasteiger partial charge < -0.3 is 10.8 Å². The van der Waals surface area contributed by atoms with Crippen LogP contribution in [-0.4, -0.2) is 5.11 Å². The molecule has 1 aromatic carbocycles. The van der Waals surface area contributed by atoms with Gasteiger partial charge in [0.2, 0.25) is 0 Å². The van der Waals surface area contributed by atoms with E-state index in [0.29, 0.717) is 16.0 Å². The second-order valence-corrected chi connectivity index (χ2v) is 5.60. The molecule has 1 saturated carbocycles. The maximum atomic E-state index is 13.3. The van der Waals surface area contributed by atoms with Crippen LogP contribution in [0.2, 0.25) is 0 Å². The van der Waals surface area contributed by atoms with Crippen molar-refractivity contribution in [3.8, 4) is 5.75 Å². The zero-order valence-corrected chi connectivity index (χ0v) is 12.4. The summed E-state index contributed by atoms with van der Waals surface area (Å²) in [5.41, 5.74) is 6.68. The fraction of sp³-hybridized carbons (Fsp3) is 0.538. The van der Waals surface area contributed by atoms with Gasteiger partial charge in [-0.2, -0.15) is 0 Å². The first-order valence-electron chi connectivity index (χ1n) is 6.03. The lowest BCUT2D eigenvalue weighted by atomic mass is 9.81. The zero-order valence-electron chi connectivity index (χ0n) is 10.0. The molecule has 0 amide bonds. The Labute approximate surface area is 121 Å². The summed E-state index contributed by atoms with van der Waals surface area (Å²) in [5.74, 6) is 0.0590. The summed E-state index contributed by atoms with van der Waals surface area (Å²) in [6.45, 7) is 0. The third-order valence-electron chi connectivity index (χ3n) is 3.57. The number of benzene rings is 1. The largest absolute Gasteiger partial charge is 0.506 e. The second-order valence-electron chi connectivity index (χ2n) is 4.75. The van der Waals surface area contributed by atoms with E-state index in [-0.39, 0.29) is 30.0 Å². The van der Waals surface area contributed by atoms with Crippen LogP contribution in [0, 0.1) is 11.7 Å². The van der Waals surface area contributed by atoms with Gasteiger partial charge in [0.15, 0.2) is 0 Å². The van der Waals surface area contributed by atoms with Crippen molar-refractivity contribution in [2.24, 2.45) is 11.7 Å². The average Bonchev–Trinajstić information content (AvgIpc) is 2.34. The molecule has 5 heteroatoms. The van der Waals surface area contributed by atoms with Crippen LogP contribution in [0.3, 0.4) is 0 Å². The molecule has 1 fully saturated rings. The Morgan fingerprint density at radius 2 is 1.89 bits per heavy atom. The van der Waals surface area contributed by atoms with Crippen LogP contribution in [0.1, 0.15) is 43.7 Å². The predicted molar refractivity (Wildman–Crippen MR) is 76.5 cm³/mol. The lowest BCUT2D eigenvalue weighted by molar-refractivity contribution is 0.302. The Balaban J connectivity index is 0.00000162. The summed E-state index contributed by atoms with van der Waals surface area (Å²) in [4.78, 5) is 0. The van der Waals surface area contributed by atoms with E-state index in [1.54, 1.807) is 0 Å². The maximum Gasteiger partial charge on any atom is 0.134 e. The molecule has 2 nitrogen and oxygen atoms in total. The third kappa shape index (κ3) is 3.37. The average molecular weight is 339 g/mol. The van der Waals surface area contributed by atoms with E-state index in [1.165, 1.54) is 31.4 Å². The number of hydrogen-bond donors (Lipinski definition) is 2. The van der Waals surface area contributed by atoms with Gasteiger partial charge >= 0.3 is 0 Å². The van der Waals surface area contributed by atoms with Gasteiger partial charge in [-0.1, -0.05) is 19.3 Å². The van der Waals surface area contributed by atoms with Gasteiger partial charge in [0, 0.05) is 11.6 Å². The van der Waals surface area contributed by atoms with E-state index in [1.807, 2.05) is 0 Å². The highest BCUT2D eigenvalue weighted by Crippen LogP contribution is 2.39. The molecule has 0 spiro atoms. The number of hydrogen-bond acceptors (Lipinski definition) is 2. The van der Waals surface area contributed by atoms with Crippen LogP contribution in [0.15, 0.2) is 16.6 Å². The van der Waals surface area contributed by atoms with Crippen molar-refractivity contribution in [2.45, 2.75) is 38.1 Å². The topological polar surface area (TPSA) is 46.2 Å². The van der Waals surface area contributed by atoms with Crippen molar-refractivity contribution < 1.29 is 9.50 Å². The molecule has 0 saturated heterocycles. The number of phenols is 1. The minimum atomic E-state index is -0.365. The molecule has 2 rings (SSSR count). The lowest BCUT2D eigenvalue weighted by Crippen LogP contribution is -2.23. The van der Waals surface area contributed by atoms with Gasteiger partial charge in [0.05, 0.1) is 4.47 Å². The summed E-state index contributed by atoms with van der Waals surface area (Å²) >= 11 is 3.14. The predicted octanol–water partition coefficient (Wildman–Crippen LogP) is 4.30. The molecular formula is C13H18BrClFNO. The standard InChI is InChI=1S/C13H17BrFNO.ClH/c14-11-7-9(15)6-10(13(11)17)12(16)8-4-2-1-3-5-8;/h6-8,12,17H,1-5,16H2;1H/t12-;/m0./s1. The number of phenolic OH excluding ortho intramolecular Hbond substituents is 1. The van der Waals surface area contributed by atoms with E-state index in [9.17, 15) is 9.50 Å². The minimum absolute atomic E-state index is 0. The van der Waals surface area contributed by atoms with E-state index >= 15 is 0 Å². The molecule has 1 atom stereocenters. The van der Waals surface area contributed by atoms with Gasteiger partial charge in [-0.15, -0.1) is 12.4 Å². The number of nitrogens with two attached hydrogens (primary N) is 1. The summed E-state index contributed by atoms with van der Waals surface area (Å²) in [7, 11) is 0. The lowest BCUT2D eigenvalue weighted by Gasteiger charge is -2.28. The van der Waals surface area contributed by atoms with Gasteiger partial charge in [-0.25, -0.2) is 4.39 Å². The quantitative estimate of drug-likeness (QED) is 0.844. The fourth-order valence-corrected chi connectivity index (χ4v) is 3.03. The van der Waals surface area contributed by atoms with Gasteiger partial charge in [-0.05, 0) is 46.8 Å². The van der Waals surface area contributed by atoms with E-state index < -0.39 is 0 Å². The Bertz CT molecular complexity index is 410. The molecule has 1 aliphatic carbocycles. The number of aromatic hydroxyl groups is 1. The highest BCUT2D eigenvalue weighted by molar-refractivity contribution is 9.10. The van der Waals surface area contributed by atoms with E-state index in [4.69, 9.17) is 5.73 Å². The van der Waals surface area contributed by atoms with Crippen LogP contribution in [-0.2, 0) is 0 Å². The van der Waals surface area contributed by atoms with Crippen molar-refractivity contribution in [1.82, 2.24) is 0 Å². The first-order chi connectivity index (χ1) is 8.09. The Morgan fingerprint density at radius 1 is 1.28 bits per heavy atom. The van der Waals surface area contributed by atoms with Crippen molar-refractivity contribution in [2.75, 3.05) is 0 Å². The summed E-state index contributed by atoms with van der Waals surface area (Å²) in [5, 5.41) is 9.93. The molecule has 1 aliphatic rings. The molecule has 0 aliphatic heterocycles. The Hall–Kier alpha value is -0.320. The first kappa shape index (κ1) is 15.7. The van der Waals surface area contributed by atoms with Crippen molar-refractivity contribution >= 4 is 28.3 Å². The van der Waals surface area contributed by atoms with Crippen molar-refractivity contribution in [1.29, 1.82) is 0 Å². The molecule has 3 N–H and O–H groups in total. The zero-order chi connectivity index (χ0) is 12.4. The Morgan fingerprint density at radius 3 is 2.50 bits per heavy atom. The van der Waals surface area contributed by atoms with Crippen molar-refractivity contribution in [3.63, 3.8) is 0 Å². The molecule has 0 aromatic heterocycles. The van der Waals surface area contributed by atoms with Crippen LogP contribution < -0.4 is 5.73 Å². The maximum absolute atomic E-state index is 13.3.